The lowest BCUT2D eigenvalue weighted by Crippen LogP contribution is -2.14. The van der Waals surface area contributed by atoms with Crippen molar-refractivity contribution in [1.82, 2.24) is 0 Å². The Morgan fingerprint density at radius 3 is 2.83 bits per heavy atom. The number of hydrogen-bond donors (Lipinski definition) is 0. The van der Waals surface area contributed by atoms with Crippen molar-refractivity contribution in [3.8, 4) is 0 Å². The zero-order valence-electron chi connectivity index (χ0n) is 10.1. The summed E-state index contributed by atoms with van der Waals surface area (Å²) in [6.45, 7) is 0.567. The largest absolute Gasteiger partial charge is 0.463 e. The standard InChI is InChI=1S/C14H16O4/c15-10-17-9-11-4-3-5-12(8-11)14(16)18-13-6-1-2-7-13/h3-5,8,10,13H,1-2,6-7,9H2. The van der Waals surface area contributed by atoms with E-state index in [4.69, 9.17) is 4.74 Å². The van der Waals surface area contributed by atoms with Gasteiger partial charge in [0.05, 0.1) is 5.56 Å². The molecule has 0 aromatic heterocycles. The van der Waals surface area contributed by atoms with Crippen molar-refractivity contribution >= 4 is 12.4 Å². The van der Waals surface area contributed by atoms with Crippen LogP contribution in [-0.4, -0.2) is 18.5 Å². The van der Waals surface area contributed by atoms with Crippen LogP contribution in [0.4, 0.5) is 0 Å². The first kappa shape index (κ1) is 12.6. The summed E-state index contributed by atoms with van der Waals surface area (Å²) in [4.78, 5) is 22.0. The number of carbonyl (C=O) groups is 2. The first-order chi connectivity index (χ1) is 8.79. The Labute approximate surface area is 106 Å². The van der Waals surface area contributed by atoms with Gasteiger partial charge in [-0.25, -0.2) is 4.79 Å². The molecule has 1 aromatic rings. The van der Waals surface area contributed by atoms with Gasteiger partial charge < -0.3 is 9.47 Å². The predicted molar refractivity (Wildman–Crippen MR) is 65.0 cm³/mol. The normalized spacial score (nSPS) is 15.3. The van der Waals surface area contributed by atoms with Crippen molar-refractivity contribution < 1.29 is 19.1 Å². The van der Waals surface area contributed by atoms with Crippen LogP contribution in [0.3, 0.4) is 0 Å². The molecule has 2 rings (SSSR count). The van der Waals surface area contributed by atoms with Gasteiger partial charge in [-0.1, -0.05) is 12.1 Å². The fourth-order valence-corrected chi connectivity index (χ4v) is 2.14. The Morgan fingerprint density at radius 1 is 1.33 bits per heavy atom. The molecule has 0 N–H and O–H groups in total. The smallest absolute Gasteiger partial charge is 0.338 e. The minimum absolute atomic E-state index is 0.0624. The summed E-state index contributed by atoms with van der Waals surface area (Å²) in [5.41, 5.74) is 1.29. The SMILES string of the molecule is O=COCc1cccc(C(=O)OC2CCCC2)c1. The van der Waals surface area contributed by atoms with Crippen LogP contribution in [0.25, 0.3) is 0 Å². The van der Waals surface area contributed by atoms with Crippen molar-refractivity contribution in [2.45, 2.75) is 38.4 Å². The summed E-state index contributed by atoms with van der Waals surface area (Å²) in [5, 5.41) is 0. The van der Waals surface area contributed by atoms with Gasteiger partial charge in [-0.2, -0.15) is 0 Å². The summed E-state index contributed by atoms with van der Waals surface area (Å²) in [7, 11) is 0. The van der Waals surface area contributed by atoms with Crippen LogP contribution < -0.4 is 0 Å². The molecule has 0 bridgehead atoms. The van der Waals surface area contributed by atoms with E-state index in [0.29, 0.717) is 12.0 Å². The van der Waals surface area contributed by atoms with Crippen LogP contribution in [0.5, 0.6) is 0 Å². The molecule has 4 nitrogen and oxygen atoms in total. The van der Waals surface area contributed by atoms with E-state index in [0.717, 1.165) is 31.2 Å². The van der Waals surface area contributed by atoms with Crippen LogP contribution in [0, 0.1) is 0 Å². The molecule has 1 saturated carbocycles. The molecule has 0 radical (unpaired) electrons. The molecule has 0 atom stereocenters. The molecule has 0 saturated heterocycles. The van der Waals surface area contributed by atoms with E-state index in [9.17, 15) is 9.59 Å². The van der Waals surface area contributed by atoms with Gasteiger partial charge in [0.1, 0.15) is 12.7 Å². The summed E-state index contributed by atoms with van der Waals surface area (Å²) in [6.07, 6.45) is 4.24. The summed E-state index contributed by atoms with van der Waals surface area (Å²) >= 11 is 0. The van der Waals surface area contributed by atoms with Gasteiger partial charge in [-0.15, -0.1) is 0 Å². The topological polar surface area (TPSA) is 52.6 Å². The van der Waals surface area contributed by atoms with Crippen molar-refractivity contribution in [2.24, 2.45) is 0 Å². The molecule has 1 aliphatic carbocycles. The monoisotopic (exact) mass is 248 g/mol. The average Bonchev–Trinajstić information content (AvgIpc) is 2.89. The molecule has 1 fully saturated rings. The van der Waals surface area contributed by atoms with Gasteiger partial charge in [0.15, 0.2) is 0 Å². The number of carbonyl (C=O) groups excluding carboxylic acids is 2. The van der Waals surface area contributed by atoms with E-state index in [-0.39, 0.29) is 18.7 Å². The number of ether oxygens (including phenoxy) is 2. The van der Waals surface area contributed by atoms with E-state index in [1.807, 2.05) is 0 Å². The van der Waals surface area contributed by atoms with E-state index in [1.165, 1.54) is 0 Å². The Kier molecular flexibility index (Phi) is 4.34. The predicted octanol–water partition coefficient (Wildman–Crippen LogP) is 2.46. The van der Waals surface area contributed by atoms with E-state index < -0.39 is 0 Å². The Bertz CT molecular complexity index is 422. The van der Waals surface area contributed by atoms with E-state index in [1.54, 1.807) is 24.3 Å². The maximum absolute atomic E-state index is 11.9. The summed E-state index contributed by atoms with van der Waals surface area (Å²) in [5.74, 6) is -0.296. The lowest BCUT2D eigenvalue weighted by Gasteiger charge is -2.11. The van der Waals surface area contributed by atoms with Gasteiger partial charge in [0.2, 0.25) is 0 Å². The van der Waals surface area contributed by atoms with E-state index >= 15 is 0 Å². The van der Waals surface area contributed by atoms with Gasteiger partial charge in [-0.3, -0.25) is 4.79 Å². The van der Waals surface area contributed by atoms with Crippen molar-refractivity contribution in [3.05, 3.63) is 35.4 Å². The van der Waals surface area contributed by atoms with Gasteiger partial charge in [0, 0.05) is 0 Å². The number of benzene rings is 1. The highest BCUT2D eigenvalue weighted by Crippen LogP contribution is 2.22. The quantitative estimate of drug-likeness (QED) is 0.593. The number of esters is 1. The molecule has 0 spiro atoms. The Morgan fingerprint density at radius 2 is 2.11 bits per heavy atom. The second-order valence-corrected chi connectivity index (χ2v) is 4.42. The van der Waals surface area contributed by atoms with Gasteiger partial charge in [-0.05, 0) is 43.4 Å². The molecule has 0 unspecified atom stereocenters. The highest BCUT2D eigenvalue weighted by Gasteiger charge is 2.20. The third-order valence-corrected chi connectivity index (χ3v) is 3.06. The molecule has 0 heterocycles. The fourth-order valence-electron chi connectivity index (χ4n) is 2.14. The second-order valence-electron chi connectivity index (χ2n) is 4.42. The van der Waals surface area contributed by atoms with Crippen LogP contribution in [0.2, 0.25) is 0 Å². The zero-order chi connectivity index (χ0) is 12.8. The Hall–Kier alpha value is -1.84. The first-order valence-electron chi connectivity index (χ1n) is 6.15. The molecule has 96 valence electrons. The third-order valence-electron chi connectivity index (χ3n) is 3.06. The molecule has 4 heteroatoms. The van der Waals surface area contributed by atoms with Crippen LogP contribution >= 0.6 is 0 Å². The Balaban J connectivity index is 1.98. The zero-order valence-corrected chi connectivity index (χ0v) is 10.1. The van der Waals surface area contributed by atoms with Crippen molar-refractivity contribution in [2.75, 3.05) is 0 Å². The van der Waals surface area contributed by atoms with Crippen molar-refractivity contribution in [1.29, 1.82) is 0 Å². The minimum Gasteiger partial charge on any atom is -0.463 e. The second kappa shape index (κ2) is 6.19. The molecular weight excluding hydrogens is 232 g/mol. The molecule has 18 heavy (non-hydrogen) atoms. The lowest BCUT2D eigenvalue weighted by molar-refractivity contribution is -0.129. The molecule has 1 aromatic carbocycles. The minimum atomic E-state index is -0.296. The maximum atomic E-state index is 11.9. The maximum Gasteiger partial charge on any atom is 0.338 e. The first-order valence-corrected chi connectivity index (χ1v) is 6.15. The molecular formula is C14H16O4. The molecule has 0 amide bonds. The lowest BCUT2D eigenvalue weighted by atomic mass is 10.1. The van der Waals surface area contributed by atoms with E-state index in [2.05, 4.69) is 4.74 Å². The van der Waals surface area contributed by atoms with Gasteiger partial charge in [0.25, 0.3) is 6.47 Å². The van der Waals surface area contributed by atoms with Crippen LogP contribution in [-0.2, 0) is 20.9 Å². The average molecular weight is 248 g/mol. The molecule has 0 aliphatic heterocycles. The third kappa shape index (κ3) is 3.32. The highest BCUT2D eigenvalue weighted by atomic mass is 16.5. The fraction of sp³-hybridized carbons (Fsp3) is 0.429. The summed E-state index contributed by atoms with van der Waals surface area (Å²) in [6, 6.07) is 6.97. The number of hydrogen-bond acceptors (Lipinski definition) is 4. The summed E-state index contributed by atoms with van der Waals surface area (Å²) < 4.78 is 10.1. The number of rotatable bonds is 5. The van der Waals surface area contributed by atoms with Crippen LogP contribution in [0.1, 0.15) is 41.6 Å². The van der Waals surface area contributed by atoms with Crippen LogP contribution in [0.15, 0.2) is 24.3 Å². The van der Waals surface area contributed by atoms with Gasteiger partial charge >= 0.3 is 5.97 Å². The van der Waals surface area contributed by atoms with Crippen molar-refractivity contribution in [3.63, 3.8) is 0 Å². The highest BCUT2D eigenvalue weighted by molar-refractivity contribution is 5.89. The molecule has 1 aliphatic rings.